The number of rotatable bonds is 5. The predicted molar refractivity (Wildman–Crippen MR) is 102 cm³/mol. The summed E-state index contributed by atoms with van der Waals surface area (Å²) < 4.78 is 6.96. The number of aliphatic hydroxyl groups excluding tert-OH is 4. The van der Waals surface area contributed by atoms with Crippen molar-refractivity contribution >= 4 is 11.9 Å². The zero-order chi connectivity index (χ0) is 20.4. The van der Waals surface area contributed by atoms with E-state index in [1.54, 1.807) is 13.1 Å². The molecule has 0 radical (unpaired) electrons. The van der Waals surface area contributed by atoms with E-state index < -0.39 is 37.3 Å². The van der Waals surface area contributed by atoms with Crippen LogP contribution in [0.1, 0.15) is 24.5 Å². The fourth-order valence-electron chi connectivity index (χ4n) is 3.02. The molecule has 28 heavy (non-hydrogen) atoms. The fraction of sp³-hybridized carbons (Fsp3) is 0.421. The van der Waals surface area contributed by atoms with Gasteiger partial charge in [0.25, 0.3) is 0 Å². The van der Waals surface area contributed by atoms with Crippen molar-refractivity contribution in [2.75, 3.05) is 6.61 Å². The first-order valence-corrected chi connectivity index (χ1v) is 8.89. The fourth-order valence-corrected chi connectivity index (χ4v) is 3.02. The maximum atomic E-state index is 10.5. The van der Waals surface area contributed by atoms with E-state index in [4.69, 9.17) is 4.74 Å². The van der Waals surface area contributed by atoms with Crippen molar-refractivity contribution in [3.63, 3.8) is 0 Å². The number of ether oxygens (including phenoxy) is 1. The van der Waals surface area contributed by atoms with Crippen molar-refractivity contribution in [1.29, 1.82) is 0 Å². The van der Waals surface area contributed by atoms with E-state index >= 15 is 0 Å². The van der Waals surface area contributed by atoms with E-state index in [2.05, 4.69) is 21.7 Å². The van der Waals surface area contributed by atoms with Crippen molar-refractivity contribution in [1.82, 2.24) is 14.8 Å². The highest BCUT2D eigenvalue weighted by Gasteiger charge is 2.45. The SMILES string of the molecule is C=C(N=CC)c1nc(-c2ccc(C)cc2)n(C2O[C@H](CO)[C@@H](O)[C@H](O)[C@H]2O)n1. The number of aromatic nitrogens is 3. The lowest BCUT2D eigenvalue weighted by Gasteiger charge is -2.40. The van der Waals surface area contributed by atoms with Crippen LogP contribution in [0.15, 0.2) is 35.8 Å². The molecule has 1 aromatic heterocycles. The number of aliphatic imine (C=N–C) groups is 1. The highest BCUT2D eigenvalue weighted by atomic mass is 16.6. The molecule has 1 unspecified atom stereocenters. The number of hydrogen-bond acceptors (Lipinski definition) is 8. The van der Waals surface area contributed by atoms with Crippen LogP contribution in [0.4, 0.5) is 0 Å². The minimum atomic E-state index is -1.52. The highest BCUT2D eigenvalue weighted by Crippen LogP contribution is 2.32. The van der Waals surface area contributed by atoms with Crippen LogP contribution in [-0.2, 0) is 4.74 Å². The van der Waals surface area contributed by atoms with Crippen LogP contribution in [0.25, 0.3) is 17.1 Å². The predicted octanol–water partition coefficient (Wildman–Crippen LogP) is 0.287. The molecule has 2 aromatic rings. The molecule has 1 aliphatic rings. The first kappa shape index (κ1) is 20.3. The van der Waals surface area contributed by atoms with E-state index in [-0.39, 0.29) is 5.82 Å². The number of aryl methyl sites for hydroxylation is 1. The summed E-state index contributed by atoms with van der Waals surface area (Å²) in [4.78, 5) is 8.56. The lowest BCUT2D eigenvalue weighted by atomic mass is 9.98. The van der Waals surface area contributed by atoms with Gasteiger partial charge in [-0.2, -0.15) is 0 Å². The smallest absolute Gasteiger partial charge is 0.199 e. The number of hydrogen-bond donors (Lipinski definition) is 4. The van der Waals surface area contributed by atoms with Crippen molar-refractivity contribution in [3.8, 4) is 11.4 Å². The highest BCUT2D eigenvalue weighted by molar-refractivity contribution is 5.69. The van der Waals surface area contributed by atoms with Gasteiger partial charge in [0.15, 0.2) is 17.9 Å². The van der Waals surface area contributed by atoms with Gasteiger partial charge in [0.1, 0.15) is 30.1 Å². The minimum Gasteiger partial charge on any atom is -0.394 e. The monoisotopic (exact) mass is 388 g/mol. The van der Waals surface area contributed by atoms with E-state index in [1.807, 2.05) is 31.2 Å². The molecule has 3 rings (SSSR count). The van der Waals surface area contributed by atoms with Crippen LogP contribution in [0.5, 0.6) is 0 Å². The summed E-state index contributed by atoms with van der Waals surface area (Å²) in [7, 11) is 0. The van der Waals surface area contributed by atoms with Gasteiger partial charge >= 0.3 is 0 Å². The van der Waals surface area contributed by atoms with Gasteiger partial charge in [-0.05, 0) is 13.8 Å². The lowest BCUT2D eigenvalue weighted by molar-refractivity contribution is -0.253. The Hall–Kier alpha value is -2.43. The number of benzene rings is 1. The lowest BCUT2D eigenvalue weighted by Crippen LogP contribution is -2.56. The maximum absolute atomic E-state index is 10.5. The van der Waals surface area contributed by atoms with Crippen molar-refractivity contribution < 1.29 is 25.2 Å². The van der Waals surface area contributed by atoms with E-state index in [0.29, 0.717) is 17.1 Å². The molecule has 1 fully saturated rings. The summed E-state index contributed by atoms with van der Waals surface area (Å²) >= 11 is 0. The molecule has 1 aromatic carbocycles. The molecular formula is C19H24N4O5. The normalized spacial score (nSPS) is 28.0. The molecule has 0 amide bonds. The topological polar surface area (TPSA) is 133 Å². The maximum Gasteiger partial charge on any atom is 0.199 e. The average Bonchev–Trinajstić information content (AvgIpc) is 3.12. The van der Waals surface area contributed by atoms with Gasteiger partial charge in [0.2, 0.25) is 0 Å². The summed E-state index contributed by atoms with van der Waals surface area (Å²) in [5.74, 6) is 0.595. The Labute approximate surface area is 162 Å². The Balaban J connectivity index is 2.09. The van der Waals surface area contributed by atoms with Crippen LogP contribution >= 0.6 is 0 Å². The molecule has 0 bridgehead atoms. The Morgan fingerprint density at radius 3 is 2.50 bits per heavy atom. The summed E-state index contributed by atoms with van der Waals surface area (Å²) in [6, 6.07) is 7.49. The van der Waals surface area contributed by atoms with Gasteiger partial charge in [-0.25, -0.2) is 9.67 Å². The Morgan fingerprint density at radius 2 is 1.89 bits per heavy atom. The Morgan fingerprint density at radius 1 is 1.21 bits per heavy atom. The second kappa shape index (κ2) is 8.29. The molecule has 0 spiro atoms. The molecule has 4 N–H and O–H groups in total. The quantitative estimate of drug-likeness (QED) is 0.541. The largest absolute Gasteiger partial charge is 0.394 e. The summed E-state index contributed by atoms with van der Waals surface area (Å²) in [6.07, 6.45) is -5.14. The van der Waals surface area contributed by atoms with Crippen LogP contribution in [-0.4, -0.2) is 72.4 Å². The molecule has 5 atom stereocenters. The number of aliphatic hydroxyl groups is 4. The Kier molecular flexibility index (Phi) is 6.01. The standard InChI is InChI=1S/C19H24N4O5/c1-4-20-11(3)17-21-18(12-7-5-10(2)6-8-12)23(22-17)19-16(27)15(26)14(25)13(9-24)28-19/h4-8,13-16,19,24-27H,3,9H2,1-2H3/t13-,14-,15+,16-,19?/m1/s1. The molecule has 9 nitrogen and oxygen atoms in total. The molecule has 150 valence electrons. The summed E-state index contributed by atoms with van der Waals surface area (Å²) in [6.45, 7) is 6.99. The first-order chi connectivity index (χ1) is 13.4. The molecule has 1 saturated heterocycles. The van der Waals surface area contributed by atoms with Crippen LogP contribution in [0, 0.1) is 6.92 Å². The first-order valence-electron chi connectivity index (χ1n) is 8.89. The Bertz CT molecular complexity index is 862. The molecule has 0 saturated carbocycles. The third kappa shape index (κ3) is 3.75. The van der Waals surface area contributed by atoms with E-state index in [9.17, 15) is 20.4 Å². The molecule has 0 aliphatic carbocycles. The van der Waals surface area contributed by atoms with Gasteiger partial charge in [0.05, 0.1) is 6.61 Å². The number of nitrogens with zero attached hydrogens (tertiary/aromatic N) is 4. The molecule has 9 heteroatoms. The second-order valence-corrected chi connectivity index (χ2v) is 6.62. The third-order valence-electron chi connectivity index (χ3n) is 4.59. The van der Waals surface area contributed by atoms with Gasteiger partial charge in [-0.1, -0.05) is 36.4 Å². The molecular weight excluding hydrogens is 364 g/mol. The van der Waals surface area contributed by atoms with Gasteiger partial charge in [-0.15, -0.1) is 5.10 Å². The van der Waals surface area contributed by atoms with E-state index in [0.717, 1.165) is 5.56 Å². The van der Waals surface area contributed by atoms with E-state index in [1.165, 1.54) is 4.68 Å². The van der Waals surface area contributed by atoms with Crippen molar-refractivity contribution in [2.45, 2.75) is 44.5 Å². The second-order valence-electron chi connectivity index (χ2n) is 6.62. The van der Waals surface area contributed by atoms with Crippen LogP contribution in [0.3, 0.4) is 0 Å². The average molecular weight is 388 g/mol. The third-order valence-corrected chi connectivity index (χ3v) is 4.59. The summed E-state index contributed by atoms with van der Waals surface area (Å²) in [5.41, 5.74) is 2.08. The van der Waals surface area contributed by atoms with Crippen LogP contribution < -0.4 is 0 Å². The molecule has 2 heterocycles. The van der Waals surface area contributed by atoms with Gasteiger partial charge in [0, 0.05) is 11.8 Å². The zero-order valence-electron chi connectivity index (χ0n) is 15.7. The molecule has 1 aliphatic heterocycles. The van der Waals surface area contributed by atoms with Crippen molar-refractivity contribution in [2.24, 2.45) is 4.99 Å². The zero-order valence-corrected chi connectivity index (χ0v) is 15.7. The van der Waals surface area contributed by atoms with Crippen molar-refractivity contribution in [3.05, 3.63) is 42.2 Å². The van der Waals surface area contributed by atoms with Gasteiger partial charge < -0.3 is 25.2 Å². The van der Waals surface area contributed by atoms with Crippen LogP contribution in [0.2, 0.25) is 0 Å². The summed E-state index contributed by atoms with van der Waals surface area (Å²) in [5, 5.41) is 44.5. The van der Waals surface area contributed by atoms with Gasteiger partial charge in [-0.3, -0.25) is 4.99 Å². The minimum absolute atomic E-state index is 0.227.